The third-order valence-electron chi connectivity index (χ3n) is 2.22. The van der Waals surface area contributed by atoms with Crippen LogP contribution in [0.25, 0.3) is 10.2 Å². The van der Waals surface area contributed by atoms with E-state index in [1.54, 1.807) is 11.3 Å². The van der Waals surface area contributed by atoms with Gasteiger partial charge in [-0.1, -0.05) is 0 Å². The number of halogens is 1. The highest BCUT2D eigenvalue weighted by Crippen LogP contribution is 2.26. The number of aromatic nitrogens is 1. The molecule has 0 fully saturated rings. The van der Waals surface area contributed by atoms with Crippen LogP contribution in [0.2, 0.25) is 0 Å². The SMILES string of the molecule is CC(=O)NCCc1csc2ccc(Br)nc12. The first-order valence-corrected chi connectivity index (χ1v) is 6.61. The second-order valence-electron chi connectivity index (χ2n) is 3.47. The van der Waals surface area contributed by atoms with E-state index in [9.17, 15) is 4.79 Å². The second kappa shape index (κ2) is 4.93. The zero-order valence-electron chi connectivity index (χ0n) is 8.79. The first kappa shape index (κ1) is 11.5. The van der Waals surface area contributed by atoms with Crippen LogP contribution in [-0.2, 0) is 11.2 Å². The molecule has 0 aliphatic carbocycles. The lowest BCUT2D eigenvalue weighted by Crippen LogP contribution is -2.22. The van der Waals surface area contributed by atoms with Crippen LogP contribution in [-0.4, -0.2) is 17.4 Å². The van der Waals surface area contributed by atoms with Crippen LogP contribution in [0.3, 0.4) is 0 Å². The average molecular weight is 299 g/mol. The average Bonchev–Trinajstić information content (AvgIpc) is 2.60. The molecule has 0 saturated heterocycles. The molecule has 0 aromatic carbocycles. The van der Waals surface area contributed by atoms with E-state index in [1.807, 2.05) is 6.07 Å². The first-order valence-electron chi connectivity index (χ1n) is 4.94. The molecule has 0 aliphatic rings. The summed E-state index contributed by atoms with van der Waals surface area (Å²) in [6, 6.07) is 4.00. The van der Waals surface area contributed by atoms with Gasteiger partial charge < -0.3 is 5.32 Å². The Labute approximate surface area is 106 Å². The van der Waals surface area contributed by atoms with Gasteiger partial charge in [-0.15, -0.1) is 11.3 Å². The summed E-state index contributed by atoms with van der Waals surface area (Å²) in [4.78, 5) is 15.2. The van der Waals surface area contributed by atoms with Crippen molar-refractivity contribution >= 4 is 43.4 Å². The summed E-state index contributed by atoms with van der Waals surface area (Å²) in [5.41, 5.74) is 2.22. The maximum Gasteiger partial charge on any atom is 0.216 e. The predicted molar refractivity (Wildman–Crippen MR) is 69.7 cm³/mol. The van der Waals surface area contributed by atoms with Gasteiger partial charge in [0.1, 0.15) is 4.60 Å². The number of rotatable bonds is 3. The van der Waals surface area contributed by atoms with Gasteiger partial charge in [-0.3, -0.25) is 4.79 Å². The van der Waals surface area contributed by atoms with Crippen LogP contribution in [0.4, 0.5) is 0 Å². The van der Waals surface area contributed by atoms with Gasteiger partial charge in [-0.2, -0.15) is 0 Å². The molecule has 0 saturated carbocycles. The third-order valence-corrected chi connectivity index (χ3v) is 3.65. The van der Waals surface area contributed by atoms with E-state index in [1.165, 1.54) is 17.2 Å². The van der Waals surface area contributed by atoms with Crippen molar-refractivity contribution in [3.63, 3.8) is 0 Å². The third kappa shape index (κ3) is 2.59. The fourth-order valence-electron chi connectivity index (χ4n) is 1.49. The fourth-order valence-corrected chi connectivity index (χ4v) is 2.73. The molecular weight excluding hydrogens is 288 g/mol. The summed E-state index contributed by atoms with van der Waals surface area (Å²) in [5, 5.41) is 4.89. The fraction of sp³-hybridized carbons (Fsp3) is 0.273. The number of amides is 1. The number of nitrogens with zero attached hydrogens (tertiary/aromatic N) is 1. The van der Waals surface area contributed by atoms with E-state index in [0.29, 0.717) is 6.54 Å². The molecule has 3 nitrogen and oxygen atoms in total. The first-order chi connectivity index (χ1) is 7.66. The van der Waals surface area contributed by atoms with Gasteiger partial charge in [-0.05, 0) is 45.4 Å². The Balaban J connectivity index is 2.17. The smallest absolute Gasteiger partial charge is 0.216 e. The largest absolute Gasteiger partial charge is 0.356 e. The molecule has 0 bridgehead atoms. The Bertz CT molecular complexity index is 524. The molecule has 0 radical (unpaired) electrons. The summed E-state index contributed by atoms with van der Waals surface area (Å²) in [6.07, 6.45) is 0.822. The summed E-state index contributed by atoms with van der Waals surface area (Å²) in [7, 11) is 0. The van der Waals surface area contributed by atoms with Crippen LogP contribution >= 0.6 is 27.3 Å². The number of carbonyl (C=O) groups is 1. The van der Waals surface area contributed by atoms with Crippen molar-refractivity contribution in [2.45, 2.75) is 13.3 Å². The van der Waals surface area contributed by atoms with Gasteiger partial charge in [0.05, 0.1) is 10.2 Å². The maximum absolute atomic E-state index is 10.8. The standard InChI is InChI=1S/C11H11BrN2OS/c1-7(15)13-5-4-8-6-16-9-2-3-10(12)14-11(8)9/h2-3,6H,4-5H2,1H3,(H,13,15). The quantitative estimate of drug-likeness (QED) is 0.886. The van der Waals surface area contributed by atoms with E-state index in [-0.39, 0.29) is 5.91 Å². The van der Waals surface area contributed by atoms with Crippen molar-refractivity contribution in [1.29, 1.82) is 0 Å². The summed E-state index contributed by atoms with van der Waals surface area (Å²) in [5.74, 6) is 0.00803. The molecule has 2 aromatic rings. The summed E-state index contributed by atoms with van der Waals surface area (Å²) < 4.78 is 2.03. The molecule has 2 heterocycles. The van der Waals surface area contributed by atoms with E-state index in [0.717, 1.165) is 16.5 Å². The van der Waals surface area contributed by atoms with E-state index < -0.39 is 0 Å². The van der Waals surface area contributed by atoms with Crippen molar-refractivity contribution in [3.05, 3.63) is 27.7 Å². The lowest BCUT2D eigenvalue weighted by atomic mass is 10.2. The van der Waals surface area contributed by atoms with Crippen LogP contribution < -0.4 is 5.32 Å². The number of fused-ring (bicyclic) bond motifs is 1. The lowest BCUT2D eigenvalue weighted by Gasteiger charge is -2.00. The van der Waals surface area contributed by atoms with Crippen molar-refractivity contribution in [3.8, 4) is 0 Å². The minimum atomic E-state index is 0.00803. The van der Waals surface area contributed by atoms with Crippen LogP contribution in [0, 0.1) is 0 Å². The van der Waals surface area contributed by atoms with Gasteiger partial charge in [0.15, 0.2) is 0 Å². The van der Waals surface area contributed by atoms with Crippen LogP contribution in [0.15, 0.2) is 22.1 Å². The molecule has 2 aromatic heterocycles. The molecule has 84 valence electrons. The van der Waals surface area contributed by atoms with E-state index in [2.05, 4.69) is 37.7 Å². The van der Waals surface area contributed by atoms with Crippen molar-refractivity contribution in [2.24, 2.45) is 0 Å². The number of hydrogen-bond acceptors (Lipinski definition) is 3. The lowest BCUT2D eigenvalue weighted by molar-refractivity contribution is -0.118. The minimum Gasteiger partial charge on any atom is -0.356 e. The molecule has 1 N–H and O–H groups in total. The van der Waals surface area contributed by atoms with Gasteiger partial charge in [0.25, 0.3) is 0 Å². The molecule has 0 atom stereocenters. The summed E-state index contributed by atoms with van der Waals surface area (Å²) >= 11 is 5.05. The van der Waals surface area contributed by atoms with Crippen LogP contribution in [0.5, 0.6) is 0 Å². The zero-order chi connectivity index (χ0) is 11.5. The highest BCUT2D eigenvalue weighted by molar-refractivity contribution is 9.10. The van der Waals surface area contributed by atoms with Crippen molar-refractivity contribution < 1.29 is 4.79 Å². The zero-order valence-corrected chi connectivity index (χ0v) is 11.2. The Morgan fingerprint density at radius 3 is 3.12 bits per heavy atom. The molecule has 2 rings (SSSR count). The van der Waals surface area contributed by atoms with E-state index >= 15 is 0 Å². The second-order valence-corrected chi connectivity index (χ2v) is 5.20. The predicted octanol–water partition coefficient (Wildman–Crippen LogP) is 2.74. The molecule has 5 heteroatoms. The highest BCUT2D eigenvalue weighted by Gasteiger charge is 2.05. The van der Waals surface area contributed by atoms with Gasteiger partial charge in [0.2, 0.25) is 5.91 Å². The number of nitrogens with one attached hydrogen (secondary N) is 1. The molecule has 0 spiro atoms. The monoisotopic (exact) mass is 298 g/mol. The van der Waals surface area contributed by atoms with Crippen LogP contribution in [0.1, 0.15) is 12.5 Å². The molecule has 16 heavy (non-hydrogen) atoms. The normalized spacial score (nSPS) is 10.6. The number of carbonyl (C=O) groups excluding carboxylic acids is 1. The Hall–Kier alpha value is -0.940. The van der Waals surface area contributed by atoms with E-state index in [4.69, 9.17) is 0 Å². The molecule has 0 aliphatic heterocycles. The van der Waals surface area contributed by atoms with Gasteiger partial charge >= 0.3 is 0 Å². The van der Waals surface area contributed by atoms with Crippen molar-refractivity contribution in [2.75, 3.05) is 6.54 Å². The topological polar surface area (TPSA) is 42.0 Å². The number of thiophene rings is 1. The summed E-state index contributed by atoms with van der Waals surface area (Å²) in [6.45, 7) is 2.19. The number of pyridine rings is 1. The Morgan fingerprint density at radius 2 is 2.38 bits per heavy atom. The number of hydrogen-bond donors (Lipinski definition) is 1. The molecular formula is C11H11BrN2OS. The van der Waals surface area contributed by atoms with Crippen molar-refractivity contribution in [1.82, 2.24) is 10.3 Å². The highest BCUT2D eigenvalue weighted by atomic mass is 79.9. The maximum atomic E-state index is 10.8. The van der Waals surface area contributed by atoms with Gasteiger partial charge in [-0.25, -0.2) is 4.98 Å². The van der Waals surface area contributed by atoms with Gasteiger partial charge in [0, 0.05) is 13.5 Å². The minimum absolute atomic E-state index is 0.00803. The molecule has 1 amide bonds. The Kier molecular flexibility index (Phi) is 3.56. The Morgan fingerprint density at radius 1 is 1.56 bits per heavy atom. The molecule has 0 unspecified atom stereocenters.